The average Bonchev–Trinajstić information content (AvgIpc) is 3.30. The van der Waals surface area contributed by atoms with Gasteiger partial charge in [0, 0.05) is 31.2 Å². The predicted molar refractivity (Wildman–Crippen MR) is 112 cm³/mol. The lowest BCUT2D eigenvalue weighted by molar-refractivity contribution is 0.148. The number of urea groups is 1. The zero-order valence-electron chi connectivity index (χ0n) is 16.9. The van der Waals surface area contributed by atoms with Crippen molar-refractivity contribution in [3.8, 4) is 0 Å². The van der Waals surface area contributed by atoms with Crippen LogP contribution in [0.3, 0.4) is 0 Å². The number of benzene rings is 2. The van der Waals surface area contributed by atoms with E-state index in [-0.39, 0.29) is 17.2 Å². The van der Waals surface area contributed by atoms with E-state index in [2.05, 4.69) is 15.5 Å². The first-order valence-corrected chi connectivity index (χ1v) is 10.2. The molecule has 1 aromatic heterocycles. The van der Waals surface area contributed by atoms with Crippen LogP contribution >= 0.6 is 0 Å². The summed E-state index contributed by atoms with van der Waals surface area (Å²) in [6.45, 7) is 1.36. The Balaban J connectivity index is 1.69. The Morgan fingerprint density at radius 2 is 1.84 bits per heavy atom. The molecular weight excluding hydrogens is 404 g/mol. The summed E-state index contributed by atoms with van der Waals surface area (Å²) in [5, 5.41) is 10.6. The topological polar surface area (TPSA) is 81.3 Å². The Kier molecular flexibility index (Phi) is 4.60. The molecule has 2 unspecified atom stereocenters. The van der Waals surface area contributed by atoms with Gasteiger partial charge in [-0.1, -0.05) is 12.1 Å². The number of aromatic nitrogens is 2. The molecule has 160 valence electrons. The number of amides is 2. The van der Waals surface area contributed by atoms with Gasteiger partial charge in [-0.05, 0) is 42.7 Å². The molecule has 0 aliphatic carbocycles. The summed E-state index contributed by atoms with van der Waals surface area (Å²) < 4.78 is 27.8. The molecule has 3 heterocycles. The highest BCUT2D eigenvalue weighted by molar-refractivity contribution is 5.97. The minimum atomic E-state index is -0.601. The van der Waals surface area contributed by atoms with Gasteiger partial charge in [0.15, 0.2) is 0 Å². The minimum absolute atomic E-state index is 0.150. The molecule has 2 aliphatic rings. The predicted octanol–water partition coefficient (Wildman–Crippen LogP) is 3.56. The van der Waals surface area contributed by atoms with Gasteiger partial charge in [-0.3, -0.25) is 4.79 Å². The lowest BCUT2D eigenvalue weighted by atomic mass is 9.88. The molecule has 2 N–H and O–H groups in total. The summed E-state index contributed by atoms with van der Waals surface area (Å²) in [7, 11) is 1.69. The second-order valence-electron chi connectivity index (χ2n) is 8.02. The van der Waals surface area contributed by atoms with Crippen molar-refractivity contribution < 1.29 is 13.6 Å². The van der Waals surface area contributed by atoms with E-state index < -0.39 is 23.5 Å². The number of hydrogen-bond acceptors (Lipinski definition) is 4. The van der Waals surface area contributed by atoms with Gasteiger partial charge >= 0.3 is 6.03 Å². The molecule has 0 saturated carbocycles. The van der Waals surface area contributed by atoms with E-state index in [0.29, 0.717) is 35.4 Å². The monoisotopic (exact) mass is 425 g/mol. The second kappa shape index (κ2) is 7.33. The molecule has 2 aromatic carbocycles. The molecule has 0 radical (unpaired) electrons. The summed E-state index contributed by atoms with van der Waals surface area (Å²) in [4.78, 5) is 29.0. The first-order chi connectivity index (χ1) is 14.9. The smallest absolute Gasteiger partial charge is 0.320 e. The number of likely N-dealkylation sites (tertiary alicyclic amines) is 1. The molecule has 31 heavy (non-hydrogen) atoms. The standard InChI is InChI=1S/C22H21F2N5O2/c1-28(22(31)29-8-2-3-9-29)20-18(12-4-6-13(23)7-5-12)25-16-11-14(24)10-15-17(16)19(20)26-27-21(15)30/h4-7,10-11,18,20,25H,2-3,8-9H2,1H3,(H,27,30). The molecular formula is C22H21F2N5O2. The first-order valence-electron chi connectivity index (χ1n) is 10.2. The van der Waals surface area contributed by atoms with E-state index in [1.807, 2.05) is 0 Å². The first kappa shape index (κ1) is 19.5. The molecule has 1 fully saturated rings. The van der Waals surface area contributed by atoms with E-state index in [0.717, 1.165) is 12.8 Å². The Labute approximate surface area is 176 Å². The van der Waals surface area contributed by atoms with E-state index in [9.17, 15) is 18.4 Å². The number of hydrogen-bond donors (Lipinski definition) is 2. The van der Waals surface area contributed by atoms with E-state index in [1.54, 1.807) is 29.0 Å². The van der Waals surface area contributed by atoms with Gasteiger partial charge in [-0.2, -0.15) is 5.10 Å². The highest BCUT2D eigenvalue weighted by Gasteiger charge is 2.39. The van der Waals surface area contributed by atoms with Gasteiger partial charge in [0.05, 0.1) is 17.1 Å². The molecule has 3 aromatic rings. The molecule has 9 heteroatoms. The van der Waals surface area contributed by atoms with Crippen molar-refractivity contribution in [1.29, 1.82) is 0 Å². The zero-order valence-corrected chi connectivity index (χ0v) is 16.9. The van der Waals surface area contributed by atoms with Gasteiger partial charge in [-0.25, -0.2) is 18.7 Å². The molecule has 7 nitrogen and oxygen atoms in total. The molecule has 0 spiro atoms. The van der Waals surface area contributed by atoms with Crippen LogP contribution in [0.25, 0.3) is 10.8 Å². The van der Waals surface area contributed by atoms with Crippen LogP contribution in [0.2, 0.25) is 0 Å². The maximum absolute atomic E-state index is 14.3. The van der Waals surface area contributed by atoms with Crippen LogP contribution < -0.4 is 10.9 Å². The highest BCUT2D eigenvalue weighted by atomic mass is 19.1. The summed E-state index contributed by atoms with van der Waals surface area (Å²) in [5.74, 6) is -0.941. The van der Waals surface area contributed by atoms with Crippen LogP contribution in [-0.4, -0.2) is 46.2 Å². The van der Waals surface area contributed by atoms with Crippen LogP contribution in [0, 0.1) is 11.6 Å². The van der Waals surface area contributed by atoms with Crippen molar-refractivity contribution in [2.45, 2.75) is 24.9 Å². The van der Waals surface area contributed by atoms with Crippen molar-refractivity contribution >= 4 is 22.5 Å². The average molecular weight is 425 g/mol. The fourth-order valence-corrected chi connectivity index (χ4v) is 4.61. The maximum Gasteiger partial charge on any atom is 0.320 e. The Hall–Kier alpha value is -3.49. The van der Waals surface area contributed by atoms with Gasteiger partial charge in [0.25, 0.3) is 5.56 Å². The van der Waals surface area contributed by atoms with Gasteiger partial charge in [0.1, 0.15) is 17.7 Å². The quantitative estimate of drug-likeness (QED) is 0.658. The summed E-state index contributed by atoms with van der Waals surface area (Å²) in [6, 6.07) is 7.14. The van der Waals surface area contributed by atoms with E-state index in [4.69, 9.17) is 0 Å². The van der Waals surface area contributed by atoms with Crippen molar-refractivity contribution in [2.75, 3.05) is 25.5 Å². The molecule has 2 aliphatic heterocycles. The zero-order chi connectivity index (χ0) is 21.7. The fourth-order valence-electron chi connectivity index (χ4n) is 4.61. The number of anilines is 1. The molecule has 2 amide bonds. The van der Waals surface area contributed by atoms with E-state index in [1.165, 1.54) is 24.3 Å². The number of H-pyrrole nitrogens is 1. The number of aromatic amines is 1. The van der Waals surface area contributed by atoms with Crippen molar-refractivity contribution in [3.05, 3.63) is 69.6 Å². The lowest BCUT2D eigenvalue weighted by Crippen LogP contribution is -2.45. The van der Waals surface area contributed by atoms with Crippen LogP contribution in [0.15, 0.2) is 41.2 Å². The number of rotatable bonds is 2. The van der Waals surface area contributed by atoms with Crippen molar-refractivity contribution in [1.82, 2.24) is 20.0 Å². The lowest BCUT2D eigenvalue weighted by Gasteiger charge is -2.40. The minimum Gasteiger partial charge on any atom is -0.375 e. The Morgan fingerprint density at radius 3 is 2.55 bits per heavy atom. The van der Waals surface area contributed by atoms with E-state index >= 15 is 0 Å². The summed E-state index contributed by atoms with van der Waals surface area (Å²) in [6.07, 6.45) is 1.90. The van der Waals surface area contributed by atoms with Gasteiger partial charge < -0.3 is 15.1 Å². The number of nitrogens with zero attached hydrogens (tertiary/aromatic N) is 3. The molecule has 1 saturated heterocycles. The third-order valence-corrected chi connectivity index (χ3v) is 6.11. The summed E-state index contributed by atoms with van der Waals surface area (Å²) >= 11 is 0. The maximum atomic E-state index is 14.3. The Morgan fingerprint density at radius 1 is 1.13 bits per heavy atom. The van der Waals surface area contributed by atoms with Crippen molar-refractivity contribution in [3.63, 3.8) is 0 Å². The van der Waals surface area contributed by atoms with Crippen LogP contribution in [0.1, 0.15) is 36.2 Å². The molecule has 5 rings (SSSR count). The van der Waals surface area contributed by atoms with Crippen LogP contribution in [-0.2, 0) is 0 Å². The van der Waals surface area contributed by atoms with Crippen molar-refractivity contribution in [2.24, 2.45) is 0 Å². The normalized spacial score (nSPS) is 20.0. The Bertz CT molecular complexity index is 1220. The highest BCUT2D eigenvalue weighted by Crippen LogP contribution is 2.45. The number of carbonyl (C=O) groups is 1. The van der Waals surface area contributed by atoms with Gasteiger partial charge in [0.2, 0.25) is 0 Å². The second-order valence-corrected chi connectivity index (χ2v) is 8.02. The molecule has 2 atom stereocenters. The van der Waals surface area contributed by atoms with Crippen LogP contribution in [0.5, 0.6) is 0 Å². The number of likely N-dealkylation sites (N-methyl/N-ethyl adjacent to an activating group) is 1. The third kappa shape index (κ3) is 3.20. The number of carbonyl (C=O) groups excluding carboxylic acids is 1. The van der Waals surface area contributed by atoms with Crippen LogP contribution in [0.4, 0.5) is 19.3 Å². The largest absolute Gasteiger partial charge is 0.375 e. The number of nitrogens with one attached hydrogen (secondary N) is 2. The fraction of sp³-hybridized carbons (Fsp3) is 0.318. The number of halogens is 2. The SMILES string of the molecule is CN(C(=O)N1CCCC1)C1c2n[nH]c(=O)c3cc(F)cc(c23)NC1c1ccc(F)cc1. The third-order valence-electron chi connectivity index (χ3n) is 6.11. The van der Waals surface area contributed by atoms with Gasteiger partial charge in [-0.15, -0.1) is 0 Å². The molecule has 0 bridgehead atoms. The summed E-state index contributed by atoms with van der Waals surface area (Å²) in [5.41, 5.74) is 1.08.